The molecule has 0 atom stereocenters. The zero-order valence-corrected chi connectivity index (χ0v) is 12.0. The van der Waals surface area contributed by atoms with Gasteiger partial charge in [0.15, 0.2) is 5.69 Å². The number of aromatic nitrogens is 2. The number of hydrogen-bond donors (Lipinski definition) is 1. The zero-order valence-electron chi connectivity index (χ0n) is 10.4. The Morgan fingerprint density at radius 2 is 2.14 bits per heavy atom. The fourth-order valence-electron chi connectivity index (χ4n) is 1.44. The number of halogens is 4. The summed E-state index contributed by atoms with van der Waals surface area (Å²) in [5.74, 6) is -0.417. The molecule has 0 aliphatic rings. The van der Waals surface area contributed by atoms with Crippen molar-refractivity contribution in [3.63, 3.8) is 0 Å². The molecule has 0 unspecified atom stereocenters. The minimum Gasteiger partial charge on any atom is -0.350 e. The van der Waals surface area contributed by atoms with Gasteiger partial charge in [-0.3, -0.25) is 4.79 Å². The molecule has 0 saturated heterocycles. The van der Waals surface area contributed by atoms with Crippen LogP contribution in [0.15, 0.2) is 23.7 Å². The van der Waals surface area contributed by atoms with Crippen LogP contribution in [0.2, 0.25) is 5.02 Å². The molecule has 9 heteroatoms. The smallest absolute Gasteiger partial charge is 0.350 e. The van der Waals surface area contributed by atoms with Gasteiger partial charge in [-0.15, -0.1) is 11.3 Å². The van der Waals surface area contributed by atoms with Crippen molar-refractivity contribution < 1.29 is 18.0 Å². The van der Waals surface area contributed by atoms with Crippen LogP contribution < -0.4 is 5.32 Å². The number of carbonyl (C=O) groups is 1. The first-order valence-corrected chi connectivity index (χ1v) is 7.03. The van der Waals surface area contributed by atoms with Gasteiger partial charge < -0.3 is 5.32 Å². The van der Waals surface area contributed by atoms with Crippen molar-refractivity contribution in [1.82, 2.24) is 15.3 Å². The van der Waals surface area contributed by atoms with E-state index >= 15 is 0 Å². The molecule has 0 aromatic carbocycles. The Balaban J connectivity index is 1.85. The summed E-state index contributed by atoms with van der Waals surface area (Å²) >= 11 is 6.56. The molecule has 2 heterocycles. The topological polar surface area (TPSA) is 54.9 Å². The van der Waals surface area contributed by atoms with E-state index in [0.29, 0.717) is 10.0 Å². The van der Waals surface area contributed by atoms with Crippen LogP contribution in [0.3, 0.4) is 0 Å². The highest BCUT2D eigenvalue weighted by atomic mass is 35.5. The number of amides is 1. The second-order valence-electron chi connectivity index (χ2n) is 3.99. The van der Waals surface area contributed by atoms with Crippen molar-refractivity contribution in [2.75, 3.05) is 6.54 Å². The van der Waals surface area contributed by atoms with Crippen LogP contribution in [0, 0.1) is 0 Å². The molecule has 2 aromatic rings. The van der Waals surface area contributed by atoms with Crippen LogP contribution in [0.4, 0.5) is 13.2 Å². The largest absolute Gasteiger partial charge is 0.434 e. The van der Waals surface area contributed by atoms with Crippen molar-refractivity contribution >= 4 is 28.8 Å². The minimum atomic E-state index is -4.44. The molecule has 1 N–H and O–H groups in total. The molecule has 0 aliphatic heterocycles. The molecule has 0 aliphatic carbocycles. The maximum atomic E-state index is 12.4. The summed E-state index contributed by atoms with van der Waals surface area (Å²) in [5, 5.41) is 4.23. The van der Waals surface area contributed by atoms with Gasteiger partial charge in [-0.05, 0) is 12.1 Å². The van der Waals surface area contributed by atoms with E-state index in [-0.39, 0.29) is 18.7 Å². The average Bonchev–Trinajstić information content (AvgIpc) is 2.88. The average molecular weight is 336 g/mol. The molecule has 0 fully saturated rings. The summed E-state index contributed by atoms with van der Waals surface area (Å²) in [6.45, 7) is 0.175. The quantitative estimate of drug-likeness (QED) is 0.933. The van der Waals surface area contributed by atoms with Crippen molar-refractivity contribution in [1.29, 1.82) is 0 Å². The summed E-state index contributed by atoms with van der Waals surface area (Å²) in [7, 11) is 0. The van der Waals surface area contributed by atoms with Gasteiger partial charge in [0.1, 0.15) is 5.69 Å². The first-order valence-electron chi connectivity index (χ1n) is 5.77. The van der Waals surface area contributed by atoms with E-state index in [0.717, 1.165) is 16.7 Å². The predicted molar refractivity (Wildman–Crippen MR) is 72.4 cm³/mol. The van der Waals surface area contributed by atoms with E-state index in [1.165, 1.54) is 18.3 Å². The van der Waals surface area contributed by atoms with Gasteiger partial charge in [0.2, 0.25) is 0 Å². The highest BCUT2D eigenvalue weighted by molar-refractivity contribution is 7.09. The molecule has 0 radical (unpaired) electrons. The standard InChI is InChI=1S/C12H9ClF3N3OS/c13-7-1-2-8(18-5-7)11(20)17-4-3-10-19-9(6-21-10)12(14,15)16/h1-2,5-6H,3-4H2,(H,17,20). The third kappa shape index (κ3) is 4.40. The molecule has 0 saturated carbocycles. The lowest BCUT2D eigenvalue weighted by Gasteiger charge is -2.03. The lowest BCUT2D eigenvalue weighted by Crippen LogP contribution is -2.26. The highest BCUT2D eigenvalue weighted by Crippen LogP contribution is 2.29. The molecule has 21 heavy (non-hydrogen) atoms. The SMILES string of the molecule is O=C(NCCc1nc(C(F)(F)F)cs1)c1ccc(Cl)cn1. The van der Waals surface area contributed by atoms with Crippen molar-refractivity contribution in [2.45, 2.75) is 12.6 Å². The zero-order chi connectivity index (χ0) is 15.5. The number of hydrogen-bond acceptors (Lipinski definition) is 4. The lowest BCUT2D eigenvalue weighted by molar-refractivity contribution is -0.140. The molecule has 2 rings (SSSR count). The van der Waals surface area contributed by atoms with Crippen molar-refractivity contribution in [2.24, 2.45) is 0 Å². The van der Waals surface area contributed by atoms with Gasteiger partial charge >= 0.3 is 6.18 Å². The van der Waals surface area contributed by atoms with Crippen LogP contribution >= 0.6 is 22.9 Å². The second kappa shape index (κ2) is 6.40. The summed E-state index contributed by atoms with van der Waals surface area (Å²) in [6, 6.07) is 2.99. The summed E-state index contributed by atoms with van der Waals surface area (Å²) in [6.07, 6.45) is -2.88. The maximum absolute atomic E-state index is 12.4. The molecule has 0 spiro atoms. The molecule has 4 nitrogen and oxygen atoms in total. The number of nitrogens with one attached hydrogen (secondary N) is 1. The Morgan fingerprint density at radius 3 is 2.71 bits per heavy atom. The van der Waals surface area contributed by atoms with Gasteiger partial charge in [-0.25, -0.2) is 9.97 Å². The van der Waals surface area contributed by atoms with E-state index in [4.69, 9.17) is 11.6 Å². The van der Waals surface area contributed by atoms with Crippen LogP contribution in [-0.2, 0) is 12.6 Å². The number of alkyl halides is 3. The van der Waals surface area contributed by atoms with Crippen molar-refractivity contribution in [3.8, 4) is 0 Å². The van der Waals surface area contributed by atoms with Gasteiger partial charge in [0.25, 0.3) is 5.91 Å². The molecule has 2 aromatic heterocycles. The molecular weight excluding hydrogens is 327 g/mol. The first kappa shape index (κ1) is 15.7. The minimum absolute atomic E-state index is 0.175. The fraction of sp³-hybridized carbons (Fsp3) is 0.250. The molecular formula is C12H9ClF3N3OS. The Kier molecular flexibility index (Phi) is 4.79. The van der Waals surface area contributed by atoms with Crippen molar-refractivity contribution in [3.05, 3.63) is 45.1 Å². The molecule has 112 valence electrons. The van der Waals surface area contributed by atoms with Gasteiger partial charge in [-0.1, -0.05) is 11.6 Å². The van der Waals surface area contributed by atoms with Gasteiger partial charge in [-0.2, -0.15) is 13.2 Å². The van der Waals surface area contributed by atoms with E-state index in [1.54, 1.807) is 0 Å². The van der Waals surface area contributed by atoms with Crippen LogP contribution in [0.5, 0.6) is 0 Å². The predicted octanol–water partition coefficient (Wildman–Crippen LogP) is 3.18. The number of nitrogens with zero attached hydrogens (tertiary/aromatic N) is 2. The lowest BCUT2D eigenvalue weighted by atomic mass is 10.3. The number of carbonyl (C=O) groups excluding carboxylic acids is 1. The van der Waals surface area contributed by atoms with E-state index in [2.05, 4.69) is 15.3 Å². The first-order chi connectivity index (χ1) is 9.86. The van der Waals surface area contributed by atoms with E-state index < -0.39 is 17.8 Å². The summed E-state index contributed by atoms with van der Waals surface area (Å²) in [4.78, 5) is 19.0. The Hall–Kier alpha value is -1.67. The normalized spacial score (nSPS) is 11.4. The van der Waals surface area contributed by atoms with E-state index in [1.807, 2.05) is 0 Å². The van der Waals surface area contributed by atoms with Crippen LogP contribution in [0.25, 0.3) is 0 Å². The summed E-state index contributed by atoms with van der Waals surface area (Å²) < 4.78 is 37.1. The number of pyridine rings is 1. The van der Waals surface area contributed by atoms with E-state index in [9.17, 15) is 18.0 Å². The van der Waals surface area contributed by atoms with Gasteiger partial charge in [0, 0.05) is 24.5 Å². The third-order valence-corrected chi connectivity index (χ3v) is 3.56. The van der Waals surface area contributed by atoms with Crippen LogP contribution in [-0.4, -0.2) is 22.4 Å². The Morgan fingerprint density at radius 1 is 1.38 bits per heavy atom. The third-order valence-electron chi connectivity index (χ3n) is 2.43. The summed E-state index contributed by atoms with van der Waals surface area (Å²) in [5.41, 5.74) is -0.720. The number of rotatable bonds is 4. The monoisotopic (exact) mass is 335 g/mol. The second-order valence-corrected chi connectivity index (χ2v) is 5.37. The fourth-order valence-corrected chi connectivity index (χ4v) is 2.36. The number of thiazole rings is 1. The Labute approximate surface area is 127 Å². The maximum Gasteiger partial charge on any atom is 0.434 e. The Bertz CT molecular complexity index is 627. The van der Waals surface area contributed by atoms with Crippen LogP contribution in [0.1, 0.15) is 21.2 Å². The van der Waals surface area contributed by atoms with Gasteiger partial charge in [0.05, 0.1) is 10.0 Å². The highest BCUT2D eigenvalue weighted by Gasteiger charge is 2.33. The molecule has 1 amide bonds. The molecule has 0 bridgehead atoms.